The molecular weight excluding hydrogens is 146 g/mol. The van der Waals surface area contributed by atoms with Crippen molar-refractivity contribution in [1.82, 2.24) is 0 Å². The van der Waals surface area contributed by atoms with E-state index in [0.717, 1.165) is 5.46 Å². The average Bonchev–Trinajstić information content (AvgIpc) is 1.94. The molecule has 2 N–H and O–H groups in total. The van der Waals surface area contributed by atoms with Gasteiger partial charge in [0.25, 0.3) is 0 Å². The van der Waals surface area contributed by atoms with E-state index >= 15 is 0 Å². The zero-order valence-electron chi connectivity index (χ0n) is 6.24. The largest absolute Gasteiger partial charge is 0.870 e. The van der Waals surface area contributed by atoms with Gasteiger partial charge in [-0.25, -0.2) is 0 Å². The Labute approximate surface area is 67.1 Å². The molecule has 0 amide bonds. The van der Waals surface area contributed by atoms with Gasteiger partial charge >= 0.3 is 43.6 Å². The molecule has 4 heteroatoms. The van der Waals surface area contributed by atoms with Gasteiger partial charge < -0.3 is 11.0 Å². The molecule has 0 bridgehead atoms. The first kappa shape index (κ1) is 16.6. The topological polar surface area (TPSA) is 60.0 Å². The third-order valence-electron chi connectivity index (χ3n) is 0.800. The van der Waals surface area contributed by atoms with E-state index in [4.69, 9.17) is 7.85 Å². The SMILES string of the molecule is CF.[B+2]c1ccccc1.[OH-].[OH-]. The summed E-state index contributed by atoms with van der Waals surface area (Å²) >= 11 is 0. The van der Waals surface area contributed by atoms with Crippen molar-refractivity contribution >= 4 is 13.3 Å². The maximum atomic E-state index is 9.50. The van der Waals surface area contributed by atoms with Gasteiger partial charge in [0.15, 0.2) is 0 Å². The molecule has 2 nitrogen and oxygen atoms in total. The van der Waals surface area contributed by atoms with Crippen molar-refractivity contribution in [3.63, 3.8) is 0 Å². The smallest absolute Gasteiger partial charge is 0.870 e. The van der Waals surface area contributed by atoms with E-state index in [1.807, 2.05) is 30.3 Å². The summed E-state index contributed by atoms with van der Waals surface area (Å²) in [6, 6.07) is 9.49. The molecule has 0 fully saturated rings. The van der Waals surface area contributed by atoms with Crippen LogP contribution in [-0.2, 0) is 0 Å². The minimum Gasteiger partial charge on any atom is -0.870 e. The number of benzene rings is 1. The van der Waals surface area contributed by atoms with Crippen molar-refractivity contribution in [3.05, 3.63) is 30.3 Å². The molecule has 1 aromatic rings. The van der Waals surface area contributed by atoms with Crippen LogP contribution in [0.25, 0.3) is 0 Å². The molecule has 0 aliphatic rings. The number of alkyl halides is 1. The van der Waals surface area contributed by atoms with E-state index in [0.29, 0.717) is 7.18 Å². The first-order chi connectivity index (χ1) is 4.39. The van der Waals surface area contributed by atoms with Crippen LogP contribution in [0.15, 0.2) is 30.3 Å². The molecule has 0 aliphatic heterocycles. The van der Waals surface area contributed by atoms with Gasteiger partial charge in [-0.2, -0.15) is 0 Å². The van der Waals surface area contributed by atoms with Crippen LogP contribution in [0.5, 0.6) is 0 Å². The molecule has 0 heterocycles. The van der Waals surface area contributed by atoms with E-state index < -0.39 is 0 Å². The molecule has 0 radical (unpaired) electrons. The fourth-order valence-electron chi connectivity index (χ4n) is 0.453. The summed E-state index contributed by atoms with van der Waals surface area (Å²) in [5.74, 6) is 0. The van der Waals surface area contributed by atoms with Crippen LogP contribution in [0.3, 0.4) is 0 Å². The van der Waals surface area contributed by atoms with Crippen molar-refractivity contribution in [1.29, 1.82) is 0 Å². The minimum atomic E-state index is 0. The van der Waals surface area contributed by atoms with Crippen LogP contribution < -0.4 is 5.46 Å². The molecular formula is C7H10BFO2. The third kappa shape index (κ3) is 9.13. The molecule has 0 aromatic heterocycles. The predicted molar refractivity (Wildman–Crippen MR) is 42.7 cm³/mol. The standard InChI is InChI=1S/C6H5B.CH3F.2H2O/c7-6-4-2-1-3-5-6;1-2;;/h1-5H;1H3;2*1H2/q+2;;;/p-2. The van der Waals surface area contributed by atoms with Gasteiger partial charge in [-0.05, 0) is 0 Å². The van der Waals surface area contributed by atoms with E-state index in [1.165, 1.54) is 0 Å². The Balaban J connectivity index is -0.000000149. The average molecular weight is 156 g/mol. The summed E-state index contributed by atoms with van der Waals surface area (Å²) in [5, 5.41) is 0. The van der Waals surface area contributed by atoms with Crippen molar-refractivity contribution in [3.8, 4) is 0 Å². The zero-order valence-corrected chi connectivity index (χ0v) is 6.24. The molecule has 0 saturated heterocycles. The molecule has 11 heavy (non-hydrogen) atoms. The molecule has 0 spiro atoms. The quantitative estimate of drug-likeness (QED) is 0.519. The van der Waals surface area contributed by atoms with E-state index in [-0.39, 0.29) is 11.0 Å². The molecule has 1 rings (SSSR count). The van der Waals surface area contributed by atoms with Crippen LogP contribution in [0.1, 0.15) is 0 Å². The Morgan fingerprint density at radius 2 is 1.36 bits per heavy atom. The summed E-state index contributed by atoms with van der Waals surface area (Å²) in [7, 11) is 5.86. The summed E-state index contributed by atoms with van der Waals surface area (Å²) in [4.78, 5) is 0. The van der Waals surface area contributed by atoms with Crippen molar-refractivity contribution in [2.24, 2.45) is 0 Å². The van der Waals surface area contributed by atoms with E-state index in [9.17, 15) is 4.39 Å². The van der Waals surface area contributed by atoms with Crippen molar-refractivity contribution < 1.29 is 15.3 Å². The van der Waals surface area contributed by atoms with Gasteiger partial charge in [-0.15, -0.1) is 0 Å². The number of halogens is 1. The van der Waals surface area contributed by atoms with Crippen molar-refractivity contribution in [2.45, 2.75) is 0 Å². The molecule has 0 unspecified atom stereocenters. The van der Waals surface area contributed by atoms with Gasteiger partial charge in [-0.1, -0.05) is 0 Å². The van der Waals surface area contributed by atoms with Crippen LogP contribution in [-0.4, -0.2) is 26.0 Å². The molecule has 0 atom stereocenters. The maximum Gasteiger partial charge on any atom is -0.870 e. The van der Waals surface area contributed by atoms with E-state index in [2.05, 4.69) is 0 Å². The first-order valence-corrected chi connectivity index (χ1v) is 2.58. The number of rotatable bonds is 0. The summed E-state index contributed by atoms with van der Waals surface area (Å²) in [5.41, 5.74) is 0.822. The van der Waals surface area contributed by atoms with Crippen LogP contribution in [0.4, 0.5) is 4.39 Å². The monoisotopic (exact) mass is 156 g/mol. The minimum absolute atomic E-state index is 0. The molecule has 0 saturated carbocycles. The first-order valence-electron chi connectivity index (χ1n) is 2.58. The summed E-state index contributed by atoms with van der Waals surface area (Å²) in [6.07, 6.45) is 0. The second kappa shape index (κ2) is 11.9. The molecule has 60 valence electrons. The van der Waals surface area contributed by atoms with E-state index in [1.54, 1.807) is 0 Å². The number of hydrogen-bond acceptors (Lipinski definition) is 2. The number of hydrogen-bond donors (Lipinski definition) is 0. The van der Waals surface area contributed by atoms with Gasteiger partial charge in [0.2, 0.25) is 0 Å². The van der Waals surface area contributed by atoms with Crippen LogP contribution >= 0.6 is 0 Å². The Morgan fingerprint density at radius 3 is 1.55 bits per heavy atom. The molecule has 1 aromatic carbocycles. The fraction of sp³-hybridized carbons (Fsp3) is 0.143. The fourth-order valence-corrected chi connectivity index (χ4v) is 0.453. The van der Waals surface area contributed by atoms with Gasteiger partial charge in [0.05, 0.1) is 7.18 Å². The predicted octanol–water partition coefficient (Wildman–Crippen LogP) is 0.713. The molecule has 0 aliphatic carbocycles. The zero-order chi connectivity index (χ0) is 7.11. The summed E-state index contributed by atoms with van der Waals surface area (Å²) < 4.78 is 9.50. The van der Waals surface area contributed by atoms with Gasteiger partial charge in [0, 0.05) is 0 Å². The maximum absolute atomic E-state index is 9.50. The summed E-state index contributed by atoms with van der Waals surface area (Å²) in [6.45, 7) is 0. The Bertz CT molecular complexity index is 146. The Morgan fingerprint density at radius 1 is 1.00 bits per heavy atom. The normalized spacial score (nSPS) is 6.18. The van der Waals surface area contributed by atoms with Crippen LogP contribution in [0, 0.1) is 0 Å². The van der Waals surface area contributed by atoms with Gasteiger partial charge in [0.1, 0.15) is 0 Å². The Hall–Kier alpha value is -0.865. The Kier molecular flexibility index (Phi) is 17.9. The van der Waals surface area contributed by atoms with Crippen LogP contribution in [0.2, 0.25) is 0 Å². The second-order valence-corrected chi connectivity index (χ2v) is 1.41. The second-order valence-electron chi connectivity index (χ2n) is 1.41. The van der Waals surface area contributed by atoms with Gasteiger partial charge in [-0.3, -0.25) is 4.39 Å². The third-order valence-corrected chi connectivity index (χ3v) is 0.800. The van der Waals surface area contributed by atoms with Crippen molar-refractivity contribution in [2.75, 3.05) is 7.18 Å².